The van der Waals surface area contributed by atoms with Gasteiger partial charge in [-0.2, -0.15) is 9.97 Å². The molecule has 2 aromatic carbocycles. The van der Waals surface area contributed by atoms with Crippen LogP contribution in [0.25, 0.3) is 0 Å². The minimum Gasteiger partial charge on any atom is -0.486 e. The predicted octanol–water partition coefficient (Wildman–Crippen LogP) is 3.85. The summed E-state index contributed by atoms with van der Waals surface area (Å²) in [4.78, 5) is 14.3. The summed E-state index contributed by atoms with van der Waals surface area (Å²) in [6, 6.07) is 16.6. The Morgan fingerprint density at radius 3 is 2.29 bits per heavy atom. The molecule has 0 aliphatic carbocycles. The molecule has 3 aromatic rings. The van der Waals surface area contributed by atoms with Crippen LogP contribution in [-0.2, 0) is 19.6 Å². The summed E-state index contributed by atoms with van der Waals surface area (Å²) in [5.74, 6) is 3.92. The van der Waals surface area contributed by atoms with E-state index in [4.69, 9.17) is 31.7 Å². The van der Waals surface area contributed by atoms with Gasteiger partial charge in [0.05, 0.1) is 0 Å². The molecule has 4 heterocycles. The van der Waals surface area contributed by atoms with E-state index < -0.39 is 0 Å². The lowest BCUT2D eigenvalue weighted by Crippen LogP contribution is -2.30. The zero-order valence-corrected chi connectivity index (χ0v) is 20.3. The summed E-state index contributed by atoms with van der Waals surface area (Å²) in [5.41, 5.74) is 3.75. The number of aromatic nitrogens is 2. The van der Waals surface area contributed by atoms with E-state index in [1.165, 1.54) is 24.0 Å². The van der Waals surface area contributed by atoms with E-state index in [0.717, 1.165) is 54.9 Å². The Balaban J connectivity index is 1.17. The van der Waals surface area contributed by atoms with Gasteiger partial charge in [0.15, 0.2) is 16.6 Å². The molecule has 9 heteroatoms. The highest BCUT2D eigenvalue weighted by atomic mass is 32.1. The van der Waals surface area contributed by atoms with E-state index >= 15 is 0 Å². The van der Waals surface area contributed by atoms with Crippen LogP contribution in [0.3, 0.4) is 0 Å². The molecule has 2 N–H and O–H groups in total. The van der Waals surface area contributed by atoms with Gasteiger partial charge in [-0.05, 0) is 53.9 Å². The van der Waals surface area contributed by atoms with Gasteiger partial charge < -0.3 is 29.9 Å². The van der Waals surface area contributed by atoms with Crippen molar-refractivity contribution in [3.63, 3.8) is 0 Å². The molecule has 0 radical (unpaired) electrons. The maximum atomic E-state index is 5.68. The fourth-order valence-corrected chi connectivity index (χ4v) is 4.93. The molecule has 0 unspecified atom stereocenters. The average Bonchev–Trinajstić information content (AvgIpc) is 3.58. The lowest BCUT2D eigenvalue weighted by atomic mass is 10.1. The Bertz CT molecular complexity index is 1220. The highest BCUT2D eigenvalue weighted by Crippen LogP contribution is 2.32. The largest absolute Gasteiger partial charge is 0.486 e. The smallest absolute Gasteiger partial charge is 0.232 e. The van der Waals surface area contributed by atoms with E-state index in [1.807, 2.05) is 18.2 Å². The molecular formula is C26H28N6O2S. The van der Waals surface area contributed by atoms with Crippen molar-refractivity contribution in [3.05, 3.63) is 65.2 Å². The van der Waals surface area contributed by atoms with Gasteiger partial charge in [-0.25, -0.2) is 0 Å². The molecule has 1 fully saturated rings. The molecule has 180 valence electrons. The van der Waals surface area contributed by atoms with Gasteiger partial charge in [-0.15, -0.1) is 0 Å². The number of hydrogen-bond donors (Lipinski definition) is 2. The summed E-state index contributed by atoms with van der Waals surface area (Å²) in [6.07, 6.45) is 2.37. The quantitative estimate of drug-likeness (QED) is 0.521. The lowest BCUT2D eigenvalue weighted by molar-refractivity contribution is 0.171. The van der Waals surface area contributed by atoms with Gasteiger partial charge in [-0.3, -0.25) is 0 Å². The van der Waals surface area contributed by atoms with Crippen LogP contribution in [0.5, 0.6) is 11.5 Å². The Hall–Kier alpha value is -3.59. The number of rotatable bonds is 5. The van der Waals surface area contributed by atoms with Crippen molar-refractivity contribution in [2.75, 3.05) is 41.4 Å². The molecule has 35 heavy (non-hydrogen) atoms. The molecule has 8 nitrogen and oxygen atoms in total. The molecule has 3 aliphatic heterocycles. The Kier molecular flexibility index (Phi) is 5.99. The van der Waals surface area contributed by atoms with E-state index in [2.05, 4.69) is 50.8 Å². The molecule has 0 atom stereocenters. The molecule has 0 spiro atoms. The van der Waals surface area contributed by atoms with Crippen LogP contribution in [0.1, 0.15) is 29.5 Å². The van der Waals surface area contributed by atoms with Crippen LogP contribution in [0.2, 0.25) is 0 Å². The summed E-state index contributed by atoms with van der Waals surface area (Å²) in [6.45, 7) is 5.44. The van der Waals surface area contributed by atoms with Crippen molar-refractivity contribution in [1.29, 1.82) is 0 Å². The first-order valence-electron chi connectivity index (χ1n) is 12.1. The molecular weight excluding hydrogens is 460 g/mol. The van der Waals surface area contributed by atoms with Gasteiger partial charge in [0, 0.05) is 38.8 Å². The van der Waals surface area contributed by atoms with Crippen molar-refractivity contribution in [3.8, 4) is 11.5 Å². The molecule has 3 aliphatic rings. The number of nitrogens with zero attached hydrogens (tertiary/aromatic N) is 4. The second-order valence-corrected chi connectivity index (χ2v) is 9.42. The standard InChI is InChI=1S/C26H28N6O2S/c35-26(27-15-18-7-8-21-22(13-18)34-12-11-33-21)30-25-28-23(31-9-3-4-10-31)14-24(29-25)32-16-19-5-1-2-6-20(19)17-32/h1-2,5-8,13-14H,3-4,9-12,15-17H2,(H2,27,28,29,30,35). The van der Waals surface area contributed by atoms with Crippen molar-refractivity contribution in [2.24, 2.45) is 0 Å². The van der Waals surface area contributed by atoms with E-state index in [-0.39, 0.29) is 0 Å². The van der Waals surface area contributed by atoms with Crippen molar-refractivity contribution >= 4 is 34.9 Å². The van der Waals surface area contributed by atoms with Crippen molar-refractivity contribution in [2.45, 2.75) is 32.5 Å². The number of ether oxygens (including phenoxy) is 2. The molecule has 1 aromatic heterocycles. The van der Waals surface area contributed by atoms with Crippen LogP contribution in [0, 0.1) is 0 Å². The fraction of sp³-hybridized carbons (Fsp3) is 0.346. The fourth-order valence-electron chi connectivity index (χ4n) is 4.77. The topological polar surface area (TPSA) is 74.8 Å². The first-order chi connectivity index (χ1) is 17.2. The Morgan fingerprint density at radius 2 is 1.54 bits per heavy atom. The highest BCUT2D eigenvalue weighted by molar-refractivity contribution is 7.80. The van der Waals surface area contributed by atoms with E-state index in [0.29, 0.717) is 30.8 Å². The SMILES string of the molecule is S=C(NCc1ccc2c(c1)OCCO2)Nc1nc(N2CCCC2)cc(N2Cc3ccccc3C2)n1. The maximum absolute atomic E-state index is 5.68. The normalized spacial score (nSPS) is 16.2. The van der Waals surface area contributed by atoms with Crippen LogP contribution in [0.15, 0.2) is 48.5 Å². The van der Waals surface area contributed by atoms with Gasteiger partial charge in [0.25, 0.3) is 0 Å². The van der Waals surface area contributed by atoms with Gasteiger partial charge >= 0.3 is 0 Å². The molecule has 0 bridgehead atoms. The predicted molar refractivity (Wildman–Crippen MR) is 140 cm³/mol. The number of nitrogens with one attached hydrogen (secondary N) is 2. The number of anilines is 3. The van der Waals surface area contributed by atoms with Crippen LogP contribution >= 0.6 is 12.2 Å². The van der Waals surface area contributed by atoms with Gasteiger partial charge in [-0.1, -0.05) is 30.3 Å². The van der Waals surface area contributed by atoms with Gasteiger partial charge in [0.1, 0.15) is 24.8 Å². The third kappa shape index (κ3) is 4.81. The Morgan fingerprint density at radius 1 is 0.857 bits per heavy atom. The lowest BCUT2D eigenvalue weighted by Gasteiger charge is -2.22. The third-order valence-electron chi connectivity index (χ3n) is 6.58. The average molecular weight is 489 g/mol. The highest BCUT2D eigenvalue weighted by Gasteiger charge is 2.23. The second kappa shape index (κ2) is 9.58. The zero-order chi connectivity index (χ0) is 23.6. The summed E-state index contributed by atoms with van der Waals surface area (Å²) >= 11 is 5.58. The maximum Gasteiger partial charge on any atom is 0.232 e. The summed E-state index contributed by atoms with van der Waals surface area (Å²) in [5, 5.41) is 6.96. The molecule has 6 rings (SSSR count). The summed E-state index contributed by atoms with van der Waals surface area (Å²) in [7, 11) is 0. The number of fused-ring (bicyclic) bond motifs is 2. The minimum absolute atomic E-state index is 0.481. The summed E-state index contributed by atoms with van der Waals surface area (Å²) < 4.78 is 11.3. The van der Waals surface area contributed by atoms with Crippen LogP contribution in [0.4, 0.5) is 17.6 Å². The van der Waals surface area contributed by atoms with Crippen molar-refractivity contribution in [1.82, 2.24) is 15.3 Å². The van der Waals surface area contributed by atoms with Crippen molar-refractivity contribution < 1.29 is 9.47 Å². The number of hydrogen-bond acceptors (Lipinski definition) is 7. The van der Waals surface area contributed by atoms with E-state index in [1.54, 1.807) is 0 Å². The van der Waals surface area contributed by atoms with E-state index in [9.17, 15) is 0 Å². The first-order valence-corrected chi connectivity index (χ1v) is 12.5. The van der Waals surface area contributed by atoms with Crippen LogP contribution in [-0.4, -0.2) is 41.4 Å². The third-order valence-corrected chi connectivity index (χ3v) is 6.83. The zero-order valence-electron chi connectivity index (χ0n) is 19.5. The van der Waals surface area contributed by atoms with Crippen LogP contribution < -0.4 is 29.9 Å². The second-order valence-electron chi connectivity index (χ2n) is 9.01. The molecule has 0 saturated carbocycles. The van der Waals surface area contributed by atoms with Gasteiger partial charge in [0.2, 0.25) is 5.95 Å². The molecule has 0 amide bonds. The Labute approximate surface area is 210 Å². The minimum atomic E-state index is 0.481. The number of benzene rings is 2. The number of thiocarbonyl (C=S) groups is 1. The first kappa shape index (κ1) is 21.9. The monoisotopic (exact) mass is 488 g/mol. The molecule has 1 saturated heterocycles.